The normalized spacial score (nSPS) is 12.0. The van der Waals surface area contributed by atoms with Gasteiger partial charge < -0.3 is 9.73 Å². The van der Waals surface area contributed by atoms with Crippen molar-refractivity contribution < 1.29 is 9.21 Å². The van der Waals surface area contributed by atoms with E-state index in [2.05, 4.69) is 15.5 Å². The minimum atomic E-state index is -0.376. The Morgan fingerprint density at radius 1 is 1.13 bits per heavy atom. The van der Waals surface area contributed by atoms with Gasteiger partial charge in [-0.25, -0.2) is 0 Å². The molecule has 0 radical (unpaired) electrons. The standard InChI is InChI=1S/C23H21ClN4O2S/c1-15-5-11-19(12-6-15)25-22(29)16(2)31-23-27-26-21(17-7-9-18(24)10-8-17)28(23)14-20-4-3-13-30-20/h3-13,16H,14H2,1-2H3,(H,25,29). The molecule has 4 aromatic rings. The SMILES string of the molecule is Cc1ccc(NC(=O)C(C)Sc2nnc(-c3ccc(Cl)cc3)n2Cc2ccco2)cc1. The summed E-state index contributed by atoms with van der Waals surface area (Å²) in [5.74, 6) is 1.35. The molecule has 0 spiro atoms. The zero-order valence-corrected chi connectivity index (χ0v) is 18.7. The molecule has 31 heavy (non-hydrogen) atoms. The molecule has 1 amide bonds. The largest absolute Gasteiger partial charge is 0.467 e. The smallest absolute Gasteiger partial charge is 0.237 e. The summed E-state index contributed by atoms with van der Waals surface area (Å²) in [5.41, 5.74) is 2.79. The van der Waals surface area contributed by atoms with Gasteiger partial charge in [-0.3, -0.25) is 9.36 Å². The molecule has 4 rings (SSSR count). The van der Waals surface area contributed by atoms with Crippen LogP contribution in [-0.4, -0.2) is 25.9 Å². The molecule has 1 N–H and O–H groups in total. The van der Waals surface area contributed by atoms with E-state index in [1.165, 1.54) is 11.8 Å². The van der Waals surface area contributed by atoms with Crippen molar-refractivity contribution in [2.24, 2.45) is 0 Å². The first-order chi connectivity index (χ1) is 15.0. The first-order valence-electron chi connectivity index (χ1n) is 9.75. The van der Waals surface area contributed by atoms with Crippen LogP contribution in [0, 0.1) is 6.92 Å². The number of anilines is 1. The lowest BCUT2D eigenvalue weighted by Crippen LogP contribution is -2.23. The van der Waals surface area contributed by atoms with E-state index in [-0.39, 0.29) is 11.2 Å². The number of thioether (sulfide) groups is 1. The number of aromatic nitrogens is 3. The van der Waals surface area contributed by atoms with Crippen LogP contribution in [0.1, 0.15) is 18.2 Å². The van der Waals surface area contributed by atoms with E-state index in [4.69, 9.17) is 16.0 Å². The molecule has 158 valence electrons. The fourth-order valence-corrected chi connectivity index (χ4v) is 3.96. The van der Waals surface area contributed by atoms with E-state index in [1.54, 1.807) is 6.26 Å². The number of aryl methyl sites for hydroxylation is 1. The summed E-state index contributed by atoms with van der Waals surface area (Å²) in [6.07, 6.45) is 1.63. The third-order valence-corrected chi connectivity index (χ3v) is 6.02. The lowest BCUT2D eigenvalue weighted by Gasteiger charge is -2.13. The average molecular weight is 453 g/mol. The molecular formula is C23H21ClN4O2S. The topological polar surface area (TPSA) is 73.0 Å². The van der Waals surface area contributed by atoms with Crippen molar-refractivity contribution in [1.82, 2.24) is 14.8 Å². The maximum Gasteiger partial charge on any atom is 0.237 e. The van der Waals surface area contributed by atoms with Crippen LogP contribution in [0.2, 0.25) is 5.02 Å². The van der Waals surface area contributed by atoms with Gasteiger partial charge in [0.25, 0.3) is 0 Å². The van der Waals surface area contributed by atoms with Crippen LogP contribution in [0.15, 0.2) is 76.5 Å². The summed E-state index contributed by atoms with van der Waals surface area (Å²) < 4.78 is 7.47. The number of carbonyl (C=O) groups is 1. The molecule has 6 nitrogen and oxygen atoms in total. The van der Waals surface area contributed by atoms with Gasteiger partial charge in [0.2, 0.25) is 5.91 Å². The number of nitrogens with one attached hydrogen (secondary N) is 1. The lowest BCUT2D eigenvalue weighted by atomic mass is 10.2. The summed E-state index contributed by atoms with van der Waals surface area (Å²) >= 11 is 7.38. The average Bonchev–Trinajstić information content (AvgIpc) is 3.41. The van der Waals surface area contributed by atoms with Crippen molar-refractivity contribution in [3.05, 3.63) is 83.3 Å². The number of hydrogen-bond acceptors (Lipinski definition) is 5. The summed E-state index contributed by atoms with van der Waals surface area (Å²) in [7, 11) is 0. The van der Waals surface area contributed by atoms with E-state index in [1.807, 2.05) is 79.1 Å². The molecule has 0 aliphatic heterocycles. The number of rotatable bonds is 7. The third kappa shape index (κ3) is 5.18. The number of amides is 1. The monoisotopic (exact) mass is 452 g/mol. The van der Waals surface area contributed by atoms with E-state index in [0.717, 1.165) is 22.6 Å². The van der Waals surface area contributed by atoms with Crippen LogP contribution < -0.4 is 5.32 Å². The molecule has 0 aliphatic carbocycles. The number of carbonyl (C=O) groups excluding carboxylic acids is 1. The van der Waals surface area contributed by atoms with Crippen LogP contribution in [0.4, 0.5) is 5.69 Å². The second-order valence-electron chi connectivity index (χ2n) is 7.09. The van der Waals surface area contributed by atoms with Crippen molar-refractivity contribution in [3.63, 3.8) is 0 Å². The summed E-state index contributed by atoms with van der Waals surface area (Å²) in [6, 6.07) is 18.9. The number of furan rings is 1. The van der Waals surface area contributed by atoms with Gasteiger partial charge in [0.05, 0.1) is 18.1 Å². The number of nitrogens with zero attached hydrogens (tertiary/aromatic N) is 3. The number of benzene rings is 2. The molecule has 0 saturated carbocycles. The van der Waals surface area contributed by atoms with E-state index in [0.29, 0.717) is 22.5 Å². The molecule has 2 aromatic carbocycles. The highest BCUT2D eigenvalue weighted by molar-refractivity contribution is 8.00. The predicted octanol–water partition coefficient (Wildman–Crippen LogP) is 5.67. The minimum absolute atomic E-state index is 0.102. The quantitative estimate of drug-likeness (QED) is 0.366. The van der Waals surface area contributed by atoms with E-state index >= 15 is 0 Å². The van der Waals surface area contributed by atoms with Crippen molar-refractivity contribution in [1.29, 1.82) is 0 Å². The van der Waals surface area contributed by atoms with Gasteiger partial charge in [0.15, 0.2) is 11.0 Å². The summed E-state index contributed by atoms with van der Waals surface area (Å²) in [5, 5.41) is 12.6. The van der Waals surface area contributed by atoms with Crippen LogP contribution in [0.25, 0.3) is 11.4 Å². The molecule has 0 fully saturated rings. The van der Waals surface area contributed by atoms with Crippen LogP contribution in [0.3, 0.4) is 0 Å². The highest BCUT2D eigenvalue weighted by Crippen LogP contribution is 2.29. The van der Waals surface area contributed by atoms with Gasteiger partial charge in [-0.05, 0) is 62.4 Å². The van der Waals surface area contributed by atoms with Crippen LogP contribution in [0.5, 0.6) is 0 Å². The van der Waals surface area contributed by atoms with E-state index in [9.17, 15) is 4.79 Å². The molecule has 0 aliphatic rings. The van der Waals surface area contributed by atoms with Crippen molar-refractivity contribution in [2.75, 3.05) is 5.32 Å². The second kappa shape index (κ2) is 9.41. The Bertz CT molecular complexity index is 1160. The maximum absolute atomic E-state index is 12.7. The Labute approximate surface area is 189 Å². The highest BCUT2D eigenvalue weighted by atomic mass is 35.5. The van der Waals surface area contributed by atoms with Gasteiger partial charge in [-0.2, -0.15) is 0 Å². The van der Waals surface area contributed by atoms with Gasteiger partial charge in [-0.15, -0.1) is 10.2 Å². The fourth-order valence-electron chi connectivity index (χ4n) is 2.98. The Balaban J connectivity index is 1.57. The van der Waals surface area contributed by atoms with Crippen molar-refractivity contribution in [3.8, 4) is 11.4 Å². The van der Waals surface area contributed by atoms with Gasteiger partial charge in [0, 0.05) is 16.3 Å². The maximum atomic E-state index is 12.7. The number of halogens is 1. The summed E-state index contributed by atoms with van der Waals surface area (Å²) in [6.45, 7) is 4.31. The van der Waals surface area contributed by atoms with Gasteiger partial charge >= 0.3 is 0 Å². The van der Waals surface area contributed by atoms with E-state index < -0.39 is 0 Å². The van der Waals surface area contributed by atoms with Crippen molar-refractivity contribution in [2.45, 2.75) is 30.8 Å². The molecule has 0 saturated heterocycles. The van der Waals surface area contributed by atoms with Crippen LogP contribution in [-0.2, 0) is 11.3 Å². The zero-order chi connectivity index (χ0) is 21.8. The molecule has 1 unspecified atom stereocenters. The molecule has 2 heterocycles. The summed E-state index contributed by atoms with van der Waals surface area (Å²) in [4.78, 5) is 12.7. The van der Waals surface area contributed by atoms with Gasteiger partial charge in [-0.1, -0.05) is 41.1 Å². The Hall–Kier alpha value is -3.03. The second-order valence-corrected chi connectivity index (χ2v) is 8.84. The van der Waals surface area contributed by atoms with Gasteiger partial charge in [0.1, 0.15) is 5.76 Å². The Morgan fingerprint density at radius 3 is 2.55 bits per heavy atom. The predicted molar refractivity (Wildman–Crippen MR) is 123 cm³/mol. The third-order valence-electron chi connectivity index (χ3n) is 4.68. The molecule has 2 aromatic heterocycles. The molecule has 8 heteroatoms. The van der Waals surface area contributed by atoms with Crippen LogP contribution >= 0.6 is 23.4 Å². The fraction of sp³-hybridized carbons (Fsp3) is 0.174. The lowest BCUT2D eigenvalue weighted by molar-refractivity contribution is -0.115. The molecule has 1 atom stereocenters. The molecule has 0 bridgehead atoms. The first kappa shape index (κ1) is 21.2. The zero-order valence-electron chi connectivity index (χ0n) is 17.1. The first-order valence-corrected chi connectivity index (χ1v) is 11.0. The van der Waals surface area contributed by atoms with Crippen molar-refractivity contribution >= 4 is 35.0 Å². The molecular weight excluding hydrogens is 432 g/mol. The Morgan fingerprint density at radius 2 is 1.87 bits per heavy atom. The Kier molecular flexibility index (Phi) is 6.44. The minimum Gasteiger partial charge on any atom is -0.467 e. The highest BCUT2D eigenvalue weighted by Gasteiger charge is 2.21. The number of hydrogen-bond donors (Lipinski definition) is 1.